The average molecular weight is 342 g/mol. The van der Waals surface area contributed by atoms with Gasteiger partial charge in [-0.3, -0.25) is 9.69 Å². The third kappa shape index (κ3) is 3.00. The number of methoxy groups -OCH3 is 2. The lowest BCUT2D eigenvalue weighted by molar-refractivity contribution is 0.0595. The minimum atomic E-state index is -0.516. The van der Waals surface area contributed by atoms with Gasteiger partial charge in [0.1, 0.15) is 17.9 Å². The van der Waals surface area contributed by atoms with Crippen molar-refractivity contribution in [2.75, 3.05) is 32.3 Å². The number of anilines is 1. The third-order valence-corrected chi connectivity index (χ3v) is 3.91. The van der Waals surface area contributed by atoms with E-state index in [1.807, 2.05) is 6.92 Å². The van der Waals surface area contributed by atoms with Crippen LogP contribution in [0.15, 0.2) is 30.5 Å². The van der Waals surface area contributed by atoms with Crippen molar-refractivity contribution in [3.63, 3.8) is 0 Å². The van der Waals surface area contributed by atoms with Crippen LogP contribution in [0, 0.1) is 6.92 Å². The molecule has 1 aliphatic rings. The molecular weight excluding hydrogens is 324 g/mol. The molecule has 1 aliphatic heterocycles. The molecule has 25 heavy (non-hydrogen) atoms. The van der Waals surface area contributed by atoms with Crippen LogP contribution in [0.1, 0.15) is 26.4 Å². The molecule has 130 valence electrons. The van der Waals surface area contributed by atoms with Crippen LogP contribution in [0.3, 0.4) is 0 Å². The zero-order chi connectivity index (χ0) is 18.0. The van der Waals surface area contributed by atoms with Gasteiger partial charge in [0.2, 0.25) is 0 Å². The molecule has 2 heterocycles. The second kappa shape index (κ2) is 6.80. The number of benzene rings is 1. The molecule has 1 amide bonds. The number of pyridine rings is 1. The van der Waals surface area contributed by atoms with Crippen LogP contribution in [-0.2, 0) is 4.74 Å². The number of nitrogens with zero attached hydrogens (tertiary/aromatic N) is 2. The van der Waals surface area contributed by atoms with Crippen LogP contribution >= 0.6 is 0 Å². The van der Waals surface area contributed by atoms with Crippen molar-refractivity contribution in [1.82, 2.24) is 4.98 Å². The number of esters is 1. The quantitative estimate of drug-likeness (QED) is 0.796. The molecule has 0 aliphatic carbocycles. The Hall–Kier alpha value is -3.09. The van der Waals surface area contributed by atoms with Gasteiger partial charge in [-0.25, -0.2) is 9.78 Å². The summed E-state index contributed by atoms with van der Waals surface area (Å²) < 4.78 is 15.7. The van der Waals surface area contributed by atoms with Crippen molar-refractivity contribution in [3.05, 3.63) is 47.3 Å². The molecule has 1 aromatic carbocycles. The number of amides is 1. The first-order valence-corrected chi connectivity index (χ1v) is 7.73. The number of carbonyl (C=O) groups excluding carboxylic acids is 2. The normalized spacial score (nSPS) is 12.8. The number of fused-ring (bicyclic) bond motifs is 1. The zero-order valence-electron chi connectivity index (χ0n) is 14.2. The Morgan fingerprint density at radius 2 is 2.08 bits per heavy atom. The standard InChI is InChI=1S/C18H18N2O5/c1-11-9-14(23-2)15(19-10-11)17(21)20-7-8-25-16-12(18(22)24-3)5-4-6-13(16)20/h4-6,9-10H,7-8H2,1-3H3. The Labute approximate surface area is 145 Å². The van der Waals surface area contributed by atoms with E-state index in [1.165, 1.54) is 19.1 Å². The summed E-state index contributed by atoms with van der Waals surface area (Å²) in [6, 6.07) is 6.76. The number of para-hydroxylation sites is 1. The number of aryl methyl sites for hydroxylation is 1. The first-order valence-electron chi connectivity index (χ1n) is 7.73. The lowest BCUT2D eigenvalue weighted by Gasteiger charge is -2.30. The predicted molar refractivity (Wildman–Crippen MR) is 90.5 cm³/mol. The smallest absolute Gasteiger partial charge is 0.341 e. The summed E-state index contributed by atoms with van der Waals surface area (Å²) in [5.74, 6) is -0.0946. The van der Waals surface area contributed by atoms with E-state index in [1.54, 1.807) is 30.5 Å². The molecule has 0 bridgehead atoms. The summed E-state index contributed by atoms with van der Waals surface area (Å²) in [5.41, 5.74) is 1.89. The predicted octanol–water partition coefficient (Wildman–Crippen LogP) is 2.22. The van der Waals surface area contributed by atoms with Gasteiger partial charge in [0.15, 0.2) is 11.4 Å². The summed E-state index contributed by atoms with van der Waals surface area (Å²) in [5, 5.41) is 0. The molecule has 0 spiro atoms. The number of carbonyl (C=O) groups is 2. The monoisotopic (exact) mass is 342 g/mol. The molecule has 7 heteroatoms. The minimum Gasteiger partial charge on any atom is -0.494 e. The van der Waals surface area contributed by atoms with E-state index < -0.39 is 5.97 Å². The number of aromatic nitrogens is 1. The van der Waals surface area contributed by atoms with Gasteiger partial charge < -0.3 is 14.2 Å². The Morgan fingerprint density at radius 3 is 2.80 bits per heavy atom. The van der Waals surface area contributed by atoms with Gasteiger partial charge in [-0.1, -0.05) is 6.07 Å². The third-order valence-electron chi connectivity index (χ3n) is 3.91. The number of rotatable bonds is 3. The van der Waals surface area contributed by atoms with E-state index in [0.717, 1.165) is 5.56 Å². The molecular formula is C18H18N2O5. The van der Waals surface area contributed by atoms with Crippen LogP contribution in [0.2, 0.25) is 0 Å². The van der Waals surface area contributed by atoms with Crippen molar-refractivity contribution in [3.8, 4) is 11.5 Å². The Bertz CT molecular complexity index is 834. The molecule has 0 atom stereocenters. The lowest BCUT2D eigenvalue weighted by Crippen LogP contribution is -2.39. The van der Waals surface area contributed by atoms with E-state index in [4.69, 9.17) is 14.2 Å². The number of hydrogen-bond donors (Lipinski definition) is 0. The highest BCUT2D eigenvalue weighted by atomic mass is 16.5. The minimum absolute atomic E-state index is 0.212. The van der Waals surface area contributed by atoms with Gasteiger partial charge in [0.05, 0.1) is 26.5 Å². The second-order valence-electron chi connectivity index (χ2n) is 5.51. The van der Waals surface area contributed by atoms with Crippen molar-refractivity contribution in [2.24, 2.45) is 0 Å². The Kier molecular flexibility index (Phi) is 4.56. The van der Waals surface area contributed by atoms with E-state index >= 15 is 0 Å². The zero-order valence-corrected chi connectivity index (χ0v) is 14.2. The maximum absolute atomic E-state index is 13.0. The van der Waals surface area contributed by atoms with Gasteiger partial charge in [-0.2, -0.15) is 0 Å². The average Bonchev–Trinajstić information content (AvgIpc) is 2.65. The summed E-state index contributed by atoms with van der Waals surface area (Å²) in [6.07, 6.45) is 1.61. The van der Waals surface area contributed by atoms with E-state index in [-0.39, 0.29) is 23.8 Å². The first kappa shape index (κ1) is 16.8. The second-order valence-corrected chi connectivity index (χ2v) is 5.51. The fourth-order valence-corrected chi connectivity index (χ4v) is 2.72. The van der Waals surface area contributed by atoms with Gasteiger partial charge in [-0.05, 0) is 30.7 Å². The molecule has 2 aromatic rings. The SMILES string of the molecule is COC(=O)c1cccc2c1OCCN2C(=O)c1ncc(C)cc1OC. The highest BCUT2D eigenvalue weighted by Crippen LogP contribution is 2.36. The van der Waals surface area contributed by atoms with Gasteiger partial charge >= 0.3 is 5.97 Å². The molecule has 0 radical (unpaired) electrons. The molecule has 3 rings (SSSR count). The van der Waals surface area contributed by atoms with Gasteiger partial charge in [-0.15, -0.1) is 0 Å². The van der Waals surface area contributed by atoms with Crippen LogP contribution < -0.4 is 14.4 Å². The molecule has 0 unspecified atom stereocenters. The highest BCUT2D eigenvalue weighted by molar-refractivity contribution is 6.08. The summed E-state index contributed by atoms with van der Waals surface area (Å²) in [6.45, 7) is 2.48. The van der Waals surface area contributed by atoms with Crippen LogP contribution in [-0.4, -0.2) is 44.2 Å². The van der Waals surface area contributed by atoms with Gasteiger partial charge in [0.25, 0.3) is 5.91 Å². The Balaban J connectivity index is 2.04. The van der Waals surface area contributed by atoms with Crippen LogP contribution in [0.4, 0.5) is 5.69 Å². The lowest BCUT2D eigenvalue weighted by atomic mass is 10.1. The number of ether oxygens (including phenoxy) is 3. The molecule has 0 fully saturated rings. The maximum atomic E-state index is 13.0. The van der Waals surface area contributed by atoms with E-state index in [9.17, 15) is 9.59 Å². The summed E-state index contributed by atoms with van der Waals surface area (Å²) in [7, 11) is 2.80. The van der Waals surface area contributed by atoms with E-state index in [2.05, 4.69) is 4.98 Å². The molecule has 1 aromatic heterocycles. The number of hydrogen-bond acceptors (Lipinski definition) is 6. The van der Waals surface area contributed by atoms with Crippen molar-refractivity contribution in [1.29, 1.82) is 0 Å². The first-order chi connectivity index (χ1) is 12.1. The topological polar surface area (TPSA) is 78.0 Å². The summed E-state index contributed by atoms with van der Waals surface area (Å²) >= 11 is 0. The van der Waals surface area contributed by atoms with Gasteiger partial charge in [0, 0.05) is 6.20 Å². The highest BCUT2D eigenvalue weighted by Gasteiger charge is 2.30. The van der Waals surface area contributed by atoms with Crippen molar-refractivity contribution in [2.45, 2.75) is 6.92 Å². The molecule has 0 saturated heterocycles. The maximum Gasteiger partial charge on any atom is 0.341 e. The molecule has 0 saturated carbocycles. The largest absolute Gasteiger partial charge is 0.494 e. The van der Waals surface area contributed by atoms with Crippen molar-refractivity contribution >= 4 is 17.6 Å². The van der Waals surface area contributed by atoms with Crippen LogP contribution in [0.25, 0.3) is 0 Å². The van der Waals surface area contributed by atoms with Crippen molar-refractivity contribution < 1.29 is 23.8 Å². The fourth-order valence-electron chi connectivity index (χ4n) is 2.72. The van der Waals surface area contributed by atoms with E-state index in [0.29, 0.717) is 23.7 Å². The molecule has 0 N–H and O–H groups in total. The summed E-state index contributed by atoms with van der Waals surface area (Å²) in [4.78, 5) is 30.7. The molecule has 7 nitrogen and oxygen atoms in total. The van der Waals surface area contributed by atoms with Crippen LogP contribution in [0.5, 0.6) is 11.5 Å². The fraction of sp³-hybridized carbons (Fsp3) is 0.278. The Morgan fingerprint density at radius 1 is 1.28 bits per heavy atom.